The molecule has 5 rings (SSSR count). The van der Waals surface area contributed by atoms with Gasteiger partial charge < -0.3 is 15.0 Å². The Morgan fingerprint density at radius 1 is 1.06 bits per heavy atom. The fraction of sp³-hybridized carbons (Fsp3) is 0.276. The van der Waals surface area contributed by atoms with Crippen LogP contribution < -0.4 is 10.1 Å². The largest absolute Gasteiger partial charge is 0.495 e. The second-order valence-electron chi connectivity index (χ2n) is 9.12. The number of fused-ring (bicyclic) bond motifs is 1. The predicted molar refractivity (Wildman–Crippen MR) is 139 cm³/mol. The molecular formula is C29H30N4O2. The van der Waals surface area contributed by atoms with Crippen LogP contribution in [0.25, 0.3) is 10.9 Å². The van der Waals surface area contributed by atoms with E-state index >= 15 is 0 Å². The molecule has 6 nitrogen and oxygen atoms in total. The molecule has 0 radical (unpaired) electrons. The van der Waals surface area contributed by atoms with Crippen molar-refractivity contribution in [3.05, 3.63) is 95.9 Å². The van der Waals surface area contributed by atoms with Crippen LogP contribution in [0.5, 0.6) is 5.75 Å². The lowest BCUT2D eigenvalue weighted by Gasteiger charge is -2.33. The first kappa shape index (κ1) is 22.8. The predicted octanol–water partition coefficient (Wildman–Crippen LogP) is 5.35. The first-order valence-electron chi connectivity index (χ1n) is 12.1. The minimum Gasteiger partial charge on any atom is -0.495 e. The average Bonchev–Trinajstić information content (AvgIpc) is 2.92. The van der Waals surface area contributed by atoms with Crippen LogP contribution in [0.4, 0.5) is 5.69 Å². The van der Waals surface area contributed by atoms with Crippen LogP contribution in [0, 0.1) is 5.92 Å². The van der Waals surface area contributed by atoms with Crippen LogP contribution in [0.3, 0.4) is 0 Å². The van der Waals surface area contributed by atoms with Crippen molar-refractivity contribution in [2.24, 2.45) is 5.92 Å². The van der Waals surface area contributed by atoms with Crippen molar-refractivity contribution < 1.29 is 9.53 Å². The molecule has 2 aromatic heterocycles. The zero-order valence-corrected chi connectivity index (χ0v) is 20.0. The van der Waals surface area contributed by atoms with E-state index in [1.807, 2.05) is 47.5 Å². The fourth-order valence-electron chi connectivity index (χ4n) is 4.86. The Hall–Kier alpha value is -3.93. The van der Waals surface area contributed by atoms with Crippen LogP contribution in [0.2, 0.25) is 0 Å². The molecule has 1 fully saturated rings. The van der Waals surface area contributed by atoms with Gasteiger partial charge in [0.1, 0.15) is 5.75 Å². The second-order valence-corrected chi connectivity index (χ2v) is 9.12. The van der Waals surface area contributed by atoms with Gasteiger partial charge in [-0.15, -0.1) is 0 Å². The number of nitrogens with one attached hydrogen (secondary N) is 1. The number of hydrogen-bond acceptors (Lipinski definition) is 5. The number of likely N-dealkylation sites (tertiary alicyclic amines) is 1. The van der Waals surface area contributed by atoms with Gasteiger partial charge in [-0.1, -0.05) is 12.1 Å². The lowest BCUT2D eigenvalue weighted by atomic mass is 9.90. The van der Waals surface area contributed by atoms with Crippen molar-refractivity contribution >= 4 is 22.5 Å². The summed E-state index contributed by atoms with van der Waals surface area (Å²) >= 11 is 0. The molecule has 0 saturated carbocycles. The van der Waals surface area contributed by atoms with Gasteiger partial charge in [0, 0.05) is 49.2 Å². The molecule has 0 spiro atoms. The normalized spacial score (nSPS) is 15.7. The summed E-state index contributed by atoms with van der Waals surface area (Å²) in [6.07, 6.45) is 8.50. The summed E-state index contributed by atoms with van der Waals surface area (Å²) in [5, 5.41) is 4.57. The van der Waals surface area contributed by atoms with E-state index in [1.165, 1.54) is 10.9 Å². The van der Waals surface area contributed by atoms with Gasteiger partial charge in [0.05, 0.1) is 18.3 Å². The SMILES string of the molecule is COc1ccc(C(=O)N2CCC[C@H](Cc3ccc4ncccc4c3)C2)cc1NCc1ccncc1. The van der Waals surface area contributed by atoms with E-state index in [1.54, 1.807) is 19.5 Å². The summed E-state index contributed by atoms with van der Waals surface area (Å²) < 4.78 is 5.52. The van der Waals surface area contributed by atoms with E-state index < -0.39 is 0 Å². The Morgan fingerprint density at radius 3 is 2.80 bits per heavy atom. The lowest BCUT2D eigenvalue weighted by molar-refractivity contribution is 0.0673. The number of benzene rings is 2. The number of rotatable bonds is 7. The Morgan fingerprint density at radius 2 is 1.94 bits per heavy atom. The number of hydrogen-bond donors (Lipinski definition) is 1. The third-order valence-corrected chi connectivity index (χ3v) is 6.68. The molecule has 1 atom stereocenters. The molecular weight excluding hydrogens is 436 g/mol. The van der Waals surface area contributed by atoms with Crippen molar-refractivity contribution in [1.82, 2.24) is 14.9 Å². The van der Waals surface area contributed by atoms with Gasteiger partial charge >= 0.3 is 0 Å². The van der Waals surface area contributed by atoms with E-state index in [0.717, 1.165) is 54.9 Å². The number of carbonyl (C=O) groups excluding carboxylic acids is 1. The number of carbonyl (C=O) groups is 1. The Labute approximate surface area is 206 Å². The molecule has 1 aliphatic heterocycles. The van der Waals surface area contributed by atoms with Crippen LogP contribution in [-0.4, -0.2) is 41.0 Å². The first-order chi connectivity index (χ1) is 17.2. The zero-order valence-electron chi connectivity index (χ0n) is 20.0. The highest BCUT2D eigenvalue weighted by atomic mass is 16.5. The summed E-state index contributed by atoms with van der Waals surface area (Å²) in [7, 11) is 1.65. The summed E-state index contributed by atoms with van der Waals surface area (Å²) in [6, 6.07) is 20.1. The van der Waals surface area contributed by atoms with Crippen molar-refractivity contribution in [2.45, 2.75) is 25.8 Å². The van der Waals surface area contributed by atoms with Crippen LogP contribution in [0.15, 0.2) is 79.3 Å². The zero-order chi connectivity index (χ0) is 24.0. The molecule has 1 aliphatic rings. The number of pyridine rings is 2. The molecule has 6 heteroatoms. The highest BCUT2D eigenvalue weighted by molar-refractivity contribution is 5.95. The van der Waals surface area contributed by atoms with Crippen LogP contribution in [-0.2, 0) is 13.0 Å². The van der Waals surface area contributed by atoms with Gasteiger partial charge in [0.25, 0.3) is 5.91 Å². The first-order valence-corrected chi connectivity index (χ1v) is 12.1. The number of nitrogens with zero attached hydrogens (tertiary/aromatic N) is 3. The summed E-state index contributed by atoms with van der Waals surface area (Å²) in [5.74, 6) is 1.24. The van der Waals surface area contributed by atoms with Gasteiger partial charge in [-0.3, -0.25) is 14.8 Å². The molecule has 2 aromatic carbocycles. The van der Waals surface area contributed by atoms with Gasteiger partial charge in [0.15, 0.2) is 0 Å². The summed E-state index contributed by atoms with van der Waals surface area (Å²) in [5.41, 5.74) is 4.93. The molecule has 35 heavy (non-hydrogen) atoms. The second kappa shape index (κ2) is 10.6. The molecule has 1 N–H and O–H groups in total. The van der Waals surface area contributed by atoms with Gasteiger partial charge in [-0.05, 0) is 84.8 Å². The quantitative estimate of drug-likeness (QED) is 0.398. The number of anilines is 1. The monoisotopic (exact) mass is 466 g/mol. The number of ether oxygens (including phenoxy) is 1. The molecule has 1 saturated heterocycles. The molecule has 1 amide bonds. The van der Waals surface area contributed by atoms with Crippen molar-refractivity contribution in [2.75, 3.05) is 25.5 Å². The van der Waals surface area contributed by atoms with Gasteiger partial charge in [0.2, 0.25) is 0 Å². The molecule has 178 valence electrons. The van der Waals surface area contributed by atoms with Crippen LogP contribution >= 0.6 is 0 Å². The van der Waals surface area contributed by atoms with Gasteiger partial charge in [-0.25, -0.2) is 0 Å². The standard InChI is InChI=1S/C29H30N4O2/c1-35-28-9-7-25(18-27(28)32-19-21-10-13-30-14-11-21)29(34)33-15-3-4-23(20-33)16-22-6-8-26-24(17-22)5-2-12-31-26/h2,5-14,17-18,23,32H,3-4,15-16,19-20H2,1H3/t23-/m1/s1. The Kier molecular flexibility index (Phi) is 6.89. The van der Waals surface area contributed by atoms with Crippen molar-refractivity contribution in [3.63, 3.8) is 0 Å². The number of amides is 1. The maximum absolute atomic E-state index is 13.4. The van der Waals surface area contributed by atoms with Crippen molar-refractivity contribution in [3.8, 4) is 5.75 Å². The minimum atomic E-state index is 0.0759. The third-order valence-electron chi connectivity index (χ3n) is 6.68. The lowest BCUT2D eigenvalue weighted by Crippen LogP contribution is -2.40. The third kappa shape index (κ3) is 5.43. The Bertz CT molecular complexity index is 1310. The molecule has 0 aliphatic carbocycles. The molecule has 3 heterocycles. The fourth-order valence-corrected chi connectivity index (χ4v) is 4.86. The van der Waals surface area contributed by atoms with Crippen molar-refractivity contribution in [1.29, 1.82) is 0 Å². The number of piperidine rings is 1. The van der Waals surface area contributed by atoms with E-state index in [-0.39, 0.29) is 5.91 Å². The van der Waals surface area contributed by atoms with E-state index in [2.05, 4.69) is 39.6 Å². The summed E-state index contributed by atoms with van der Waals surface area (Å²) in [6.45, 7) is 2.20. The van der Waals surface area contributed by atoms with E-state index in [9.17, 15) is 4.79 Å². The smallest absolute Gasteiger partial charge is 0.253 e. The number of methoxy groups -OCH3 is 1. The number of aromatic nitrogens is 2. The van der Waals surface area contributed by atoms with E-state index in [0.29, 0.717) is 18.0 Å². The molecule has 0 bridgehead atoms. The maximum Gasteiger partial charge on any atom is 0.253 e. The van der Waals surface area contributed by atoms with E-state index in [4.69, 9.17) is 4.74 Å². The van der Waals surface area contributed by atoms with Gasteiger partial charge in [-0.2, -0.15) is 0 Å². The molecule has 0 unspecified atom stereocenters. The van der Waals surface area contributed by atoms with Crippen LogP contribution in [0.1, 0.15) is 34.3 Å². The highest BCUT2D eigenvalue weighted by Gasteiger charge is 2.25. The Balaban J connectivity index is 1.27. The average molecular weight is 467 g/mol. The molecule has 4 aromatic rings. The maximum atomic E-state index is 13.4. The minimum absolute atomic E-state index is 0.0759. The summed E-state index contributed by atoms with van der Waals surface area (Å²) in [4.78, 5) is 23.9. The highest BCUT2D eigenvalue weighted by Crippen LogP contribution is 2.28. The topological polar surface area (TPSA) is 67.3 Å².